The van der Waals surface area contributed by atoms with Crippen LogP contribution in [0, 0.1) is 6.92 Å². The SMILES string of the molecule is Cc1cccc2c1CCC[C@@H]2C. The molecule has 0 heterocycles. The average molecular weight is 160 g/mol. The third-order valence-corrected chi connectivity index (χ3v) is 3.04. The molecule has 1 atom stereocenters. The van der Waals surface area contributed by atoms with E-state index >= 15 is 0 Å². The fourth-order valence-electron chi connectivity index (χ4n) is 2.27. The maximum Gasteiger partial charge on any atom is -0.0187 e. The van der Waals surface area contributed by atoms with Crippen LogP contribution in [0.1, 0.15) is 42.4 Å². The lowest BCUT2D eigenvalue weighted by Gasteiger charge is -2.23. The van der Waals surface area contributed by atoms with Crippen molar-refractivity contribution >= 4 is 0 Å². The molecule has 0 radical (unpaired) electrons. The summed E-state index contributed by atoms with van der Waals surface area (Å²) >= 11 is 0. The molecule has 0 saturated heterocycles. The summed E-state index contributed by atoms with van der Waals surface area (Å²) in [6.07, 6.45) is 4.04. The molecule has 0 N–H and O–H groups in total. The quantitative estimate of drug-likeness (QED) is 0.545. The van der Waals surface area contributed by atoms with Crippen LogP contribution in [0.2, 0.25) is 0 Å². The Kier molecular flexibility index (Phi) is 1.92. The molecule has 0 heteroatoms. The summed E-state index contributed by atoms with van der Waals surface area (Å²) in [5.41, 5.74) is 4.71. The van der Waals surface area contributed by atoms with Crippen molar-refractivity contribution in [1.29, 1.82) is 0 Å². The van der Waals surface area contributed by atoms with Crippen LogP contribution in [-0.2, 0) is 6.42 Å². The molecule has 0 fully saturated rings. The lowest BCUT2D eigenvalue weighted by molar-refractivity contribution is 0.588. The molecule has 0 aliphatic heterocycles. The van der Waals surface area contributed by atoms with E-state index < -0.39 is 0 Å². The van der Waals surface area contributed by atoms with E-state index in [1.54, 1.807) is 11.1 Å². The van der Waals surface area contributed by atoms with Crippen LogP contribution in [0.5, 0.6) is 0 Å². The lowest BCUT2D eigenvalue weighted by Crippen LogP contribution is -2.08. The maximum absolute atomic E-state index is 2.34. The molecule has 2 rings (SSSR count). The number of fused-ring (bicyclic) bond motifs is 1. The predicted molar refractivity (Wildman–Crippen MR) is 52.5 cm³/mol. The van der Waals surface area contributed by atoms with Gasteiger partial charge in [0.15, 0.2) is 0 Å². The predicted octanol–water partition coefficient (Wildman–Crippen LogP) is 3.43. The molecular weight excluding hydrogens is 144 g/mol. The molecule has 0 unspecified atom stereocenters. The topological polar surface area (TPSA) is 0 Å². The van der Waals surface area contributed by atoms with Gasteiger partial charge >= 0.3 is 0 Å². The van der Waals surface area contributed by atoms with E-state index in [1.165, 1.54) is 24.8 Å². The van der Waals surface area contributed by atoms with E-state index in [0.29, 0.717) is 0 Å². The van der Waals surface area contributed by atoms with Gasteiger partial charge in [0.25, 0.3) is 0 Å². The maximum atomic E-state index is 2.34. The highest BCUT2D eigenvalue weighted by molar-refractivity contribution is 5.38. The van der Waals surface area contributed by atoms with Gasteiger partial charge in [0.1, 0.15) is 0 Å². The van der Waals surface area contributed by atoms with E-state index in [-0.39, 0.29) is 0 Å². The molecule has 0 amide bonds. The van der Waals surface area contributed by atoms with Crippen LogP contribution in [0.15, 0.2) is 18.2 Å². The zero-order chi connectivity index (χ0) is 8.55. The van der Waals surface area contributed by atoms with Gasteiger partial charge in [-0.2, -0.15) is 0 Å². The van der Waals surface area contributed by atoms with Crippen LogP contribution in [-0.4, -0.2) is 0 Å². The first kappa shape index (κ1) is 7.85. The third kappa shape index (κ3) is 1.16. The average Bonchev–Trinajstić information content (AvgIpc) is 2.07. The Hall–Kier alpha value is -0.780. The Morgan fingerprint density at radius 3 is 2.92 bits per heavy atom. The Balaban J connectivity index is 2.52. The minimum absolute atomic E-state index is 0.786. The fourth-order valence-corrected chi connectivity index (χ4v) is 2.27. The number of aryl methyl sites for hydroxylation is 1. The zero-order valence-corrected chi connectivity index (χ0v) is 7.93. The smallest absolute Gasteiger partial charge is 0.0187 e. The van der Waals surface area contributed by atoms with Crippen molar-refractivity contribution in [2.24, 2.45) is 0 Å². The molecule has 0 aromatic heterocycles. The molecule has 0 bridgehead atoms. The number of rotatable bonds is 0. The van der Waals surface area contributed by atoms with Crippen molar-refractivity contribution in [3.05, 3.63) is 34.9 Å². The second-order valence-electron chi connectivity index (χ2n) is 3.94. The van der Waals surface area contributed by atoms with E-state index in [0.717, 1.165) is 5.92 Å². The summed E-state index contributed by atoms with van der Waals surface area (Å²) in [7, 11) is 0. The normalized spacial score (nSPS) is 22.0. The molecule has 0 saturated carbocycles. The Labute approximate surface area is 74.6 Å². The highest BCUT2D eigenvalue weighted by Gasteiger charge is 2.16. The van der Waals surface area contributed by atoms with Crippen molar-refractivity contribution in [2.75, 3.05) is 0 Å². The van der Waals surface area contributed by atoms with E-state index in [9.17, 15) is 0 Å². The van der Waals surface area contributed by atoms with Gasteiger partial charge in [-0.25, -0.2) is 0 Å². The van der Waals surface area contributed by atoms with Gasteiger partial charge in [0.2, 0.25) is 0 Å². The van der Waals surface area contributed by atoms with Gasteiger partial charge in [0.05, 0.1) is 0 Å². The molecular formula is C12H16. The van der Waals surface area contributed by atoms with Crippen molar-refractivity contribution in [1.82, 2.24) is 0 Å². The van der Waals surface area contributed by atoms with E-state index in [2.05, 4.69) is 32.0 Å². The second-order valence-corrected chi connectivity index (χ2v) is 3.94. The summed E-state index contributed by atoms with van der Waals surface area (Å²) in [5, 5.41) is 0. The van der Waals surface area contributed by atoms with E-state index in [4.69, 9.17) is 0 Å². The molecule has 0 nitrogen and oxygen atoms in total. The van der Waals surface area contributed by atoms with Crippen molar-refractivity contribution < 1.29 is 0 Å². The lowest BCUT2D eigenvalue weighted by atomic mass is 9.82. The van der Waals surface area contributed by atoms with Crippen LogP contribution in [0.25, 0.3) is 0 Å². The fraction of sp³-hybridized carbons (Fsp3) is 0.500. The molecule has 64 valence electrons. The van der Waals surface area contributed by atoms with Crippen molar-refractivity contribution in [3.8, 4) is 0 Å². The summed E-state index contributed by atoms with van der Waals surface area (Å²) in [5.74, 6) is 0.786. The van der Waals surface area contributed by atoms with Crippen LogP contribution >= 0.6 is 0 Å². The minimum atomic E-state index is 0.786. The Morgan fingerprint density at radius 1 is 1.33 bits per heavy atom. The van der Waals surface area contributed by atoms with Gasteiger partial charge in [-0.3, -0.25) is 0 Å². The number of benzene rings is 1. The van der Waals surface area contributed by atoms with E-state index in [1.807, 2.05) is 0 Å². The highest BCUT2D eigenvalue weighted by atomic mass is 14.2. The van der Waals surface area contributed by atoms with Gasteiger partial charge in [-0.05, 0) is 48.8 Å². The number of hydrogen-bond donors (Lipinski definition) is 0. The first-order valence-corrected chi connectivity index (χ1v) is 4.87. The minimum Gasteiger partial charge on any atom is -0.0617 e. The highest BCUT2D eigenvalue weighted by Crippen LogP contribution is 2.32. The van der Waals surface area contributed by atoms with Crippen LogP contribution in [0.3, 0.4) is 0 Å². The van der Waals surface area contributed by atoms with Gasteiger partial charge in [-0.15, -0.1) is 0 Å². The van der Waals surface area contributed by atoms with Gasteiger partial charge in [-0.1, -0.05) is 25.1 Å². The molecule has 1 aromatic rings. The standard InChI is InChI=1S/C12H16/c1-9-5-3-8-12-10(2)6-4-7-11(9)12/h3,5,8,10H,4,6-7H2,1-2H3/t10-/m0/s1. The number of hydrogen-bond acceptors (Lipinski definition) is 0. The first-order valence-electron chi connectivity index (χ1n) is 4.87. The zero-order valence-electron chi connectivity index (χ0n) is 7.93. The van der Waals surface area contributed by atoms with Crippen molar-refractivity contribution in [3.63, 3.8) is 0 Å². The molecule has 1 aliphatic rings. The summed E-state index contributed by atoms with van der Waals surface area (Å²) in [6.45, 7) is 4.58. The molecule has 12 heavy (non-hydrogen) atoms. The molecule has 1 aromatic carbocycles. The molecule has 0 spiro atoms. The third-order valence-electron chi connectivity index (χ3n) is 3.04. The molecule has 1 aliphatic carbocycles. The van der Waals surface area contributed by atoms with Gasteiger partial charge in [0, 0.05) is 0 Å². The largest absolute Gasteiger partial charge is 0.0617 e. The van der Waals surface area contributed by atoms with Crippen LogP contribution < -0.4 is 0 Å². The van der Waals surface area contributed by atoms with Crippen LogP contribution in [0.4, 0.5) is 0 Å². The second kappa shape index (κ2) is 2.93. The summed E-state index contributed by atoms with van der Waals surface area (Å²) in [6, 6.07) is 6.72. The summed E-state index contributed by atoms with van der Waals surface area (Å²) in [4.78, 5) is 0. The Bertz CT molecular complexity index is 286. The summed E-state index contributed by atoms with van der Waals surface area (Å²) < 4.78 is 0. The van der Waals surface area contributed by atoms with Gasteiger partial charge < -0.3 is 0 Å². The van der Waals surface area contributed by atoms with Crippen molar-refractivity contribution in [2.45, 2.75) is 39.0 Å². The Morgan fingerprint density at radius 2 is 2.17 bits per heavy atom. The first-order chi connectivity index (χ1) is 5.79. The monoisotopic (exact) mass is 160 g/mol.